The van der Waals surface area contributed by atoms with Crippen LogP contribution >= 0.6 is 0 Å². The topological polar surface area (TPSA) is 46.5 Å². The number of hydrogen-bond acceptors (Lipinski definition) is 3. The Bertz CT molecular complexity index is 537. The van der Waals surface area contributed by atoms with Crippen molar-refractivity contribution in [1.82, 2.24) is 0 Å². The van der Waals surface area contributed by atoms with Crippen LogP contribution in [0.1, 0.15) is 17.5 Å². The summed E-state index contributed by atoms with van der Waals surface area (Å²) < 4.78 is 5.36. The molecule has 0 saturated carbocycles. The minimum atomic E-state index is -0.305. The van der Waals surface area contributed by atoms with Crippen molar-refractivity contribution < 1.29 is 14.6 Å². The predicted octanol–water partition coefficient (Wildman–Crippen LogP) is 2.97. The highest BCUT2D eigenvalue weighted by molar-refractivity contribution is 5.72. The zero-order valence-electron chi connectivity index (χ0n) is 11.9. The number of aliphatic hydroxyl groups excluding tert-OH is 1. The minimum absolute atomic E-state index is 0.0159. The van der Waals surface area contributed by atoms with Crippen LogP contribution < -0.4 is 0 Å². The Labute approximate surface area is 125 Å². The van der Waals surface area contributed by atoms with Crippen LogP contribution in [0.5, 0.6) is 0 Å². The first-order valence-corrected chi connectivity index (χ1v) is 7.15. The first kappa shape index (κ1) is 15.3. The Morgan fingerprint density at radius 2 is 1.52 bits per heavy atom. The zero-order chi connectivity index (χ0) is 14.9. The van der Waals surface area contributed by atoms with Crippen LogP contribution in [-0.4, -0.2) is 17.7 Å². The molecule has 3 nitrogen and oxygen atoms in total. The van der Waals surface area contributed by atoms with Crippen molar-refractivity contribution in [2.24, 2.45) is 5.92 Å². The van der Waals surface area contributed by atoms with Gasteiger partial charge in [0.25, 0.3) is 0 Å². The van der Waals surface area contributed by atoms with Crippen LogP contribution in [-0.2, 0) is 22.6 Å². The standard InChI is InChI=1S/C18H20O3/c19-12-11-17(13-15-7-3-1-4-8-15)18(20)21-14-16-9-5-2-6-10-16/h1-10,17,19H,11-14H2/t17-/m1/s1. The second-order valence-electron chi connectivity index (χ2n) is 4.99. The maximum atomic E-state index is 12.2. The highest BCUT2D eigenvalue weighted by Crippen LogP contribution is 2.15. The second-order valence-corrected chi connectivity index (χ2v) is 4.99. The lowest BCUT2D eigenvalue weighted by molar-refractivity contribution is -0.150. The number of rotatable bonds is 7. The first-order valence-electron chi connectivity index (χ1n) is 7.15. The van der Waals surface area contributed by atoms with Crippen LogP contribution in [0.15, 0.2) is 60.7 Å². The summed E-state index contributed by atoms with van der Waals surface area (Å²) in [4.78, 5) is 12.2. The van der Waals surface area contributed by atoms with E-state index in [1.165, 1.54) is 0 Å². The molecule has 1 N–H and O–H groups in total. The number of benzene rings is 2. The summed E-state index contributed by atoms with van der Waals surface area (Å²) in [5.41, 5.74) is 2.04. The van der Waals surface area contributed by atoms with Crippen molar-refractivity contribution in [1.29, 1.82) is 0 Å². The number of aliphatic hydroxyl groups is 1. The van der Waals surface area contributed by atoms with Gasteiger partial charge in [0.1, 0.15) is 6.61 Å². The largest absolute Gasteiger partial charge is 0.461 e. The van der Waals surface area contributed by atoms with Crippen molar-refractivity contribution >= 4 is 5.97 Å². The van der Waals surface area contributed by atoms with Gasteiger partial charge in [-0.25, -0.2) is 0 Å². The molecule has 0 radical (unpaired) electrons. The van der Waals surface area contributed by atoms with E-state index >= 15 is 0 Å². The number of carbonyl (C=O) groups is 1. The molecule has 3 heteroatoms. The van der Waals surface area contributed by atoms with Crippen molar-refractivity contribution in [3.63, 3.8) is 0 Å². The predicted molar refractivity (Wildman–Crippen MR) is 81.6 cm³/mol. The zero-order valence-corrected chi connectivity index (χ0v) is 11.9. The molecule has 0 bridgehead atoms. The van der Waals surface area contributed by atoms with Crippen molar-refractivity contribution in [2.45, 2.75) is 19.4 Å². The lowest BCUT2D eigenvalue weighted by Crippen LogP contribution is -2.21. The molecule has 0 aliphatic carbocycles. The number of esters is 1. The van der Waals surface area contributed by atoms with Gasteiger partial charge in [0, 0.05) is 6.61 Å². The Kier molecular flexibility index (Phi) is 5.98. The molecule has 0 aliphatic heterocycles. The molecule has 0 amide bonds. The van der Waals surface area contributed by atoms with E-state index in [9.17, 15) is 4.79 Å². The van der Waals surface area contributed by atoms with Crippen LogP contribution in [0, 0.1) is 5.92 Å². The first-order chi connectivity index (χ1) is 10.3. The van der Waals surface area contributed by atoms with Gasteiger partial charge in [-0.15, -0.1) is 0 Å². The minimum Gasteiger partial charge on any atom is -0.461 e. The van der Waals surface area contributed by atoms with Gasteiger partial charge in [0.05, 0.1) is 5.92 Å². The van der Waals surface area contributed by atoms with E-state index in [-0.39, 0.29) is 25.1 Å². The Morgan fingerprint density at radius 1 is 0.952 bits per heavy atom. The third-order valence-electron chi connectivity index (χ3n) is 3.36. The molecule has 2 aromatic rings. The molecule has 0 aromatic heterocycles. The van der Waals surface area contributed by atoms with E-state index < -0.39 is 0 Å². The Hall–Kier alpha value is -2.13. The average Bonchev–Trinajstić information content (AvgIpc) is 2.54. The van der Waals surface area contributed by atoms with Gasteiger partial charge in [-0.1, -0.05) is 60.7 Å². The summed E-state index contributed by atoms with van der Waals surface area (Å²) in [6, 6.07) is 19.4. The Balaban J connectivity index is 1.92. The Morgan fingerprint density at radius 3 is 2.10 bits per heavy atom. The van der Waals surface area contributed by atoms with Gasteiger partial charge in [-0.05, 0) is 24.0 Å². The van der Waals surface area contributed by atoms with Gasteiger partial charge in [0.2, 0.25) is 0 Å². The number of ether oxygens (including phenoxy) is 1. The molecule has 0 heterocycles. The second kappa shape index (κ2) is 8.22. The van der Waals surface area contributed by atoms with E-state index in [1.54, 1.807) is 0 Å². The fraction of sp³-hybridized carbons (Fsp3) is 0.278. The maximum absolute atomic E-state index is 12.2. The summed E-state index contributed by atoms with van der Waals surface area (Å²) in [7, 11) is 0. The molecule has 0 aliphatic rings. The maximum Gasteiger partial charge on any atom is 0.309 e. The van der Waals surface area contributed by atoms with E-state index in [4.69, 9.17) is 9.84 Å². The van der Waals surface area contributed by atoms with Crippen LogP contribution in [0.2, 0.25) is 0 Å². The summed E-state index contributed by atoms with van der Waals surface area (Å²) in [5, 5.41) is 9.14. The quantitative estimate of drug-likeness (QED) is 0.795. The summed E-state index contributed by atoms with van der Waals surface area (Å²) >= 11 is 0. The van der Waals surface area contributed by atoms with Gasteiger partial charge >= 0.3 is 5.97 Å². The highest BCUT2D eigenvalue weighted by atomic mass is 16.5. The summed E-state index contributed by atoms with van der Waals surface area (Å²) in [5.74, 6) is -0.558. The van der Waals surface area contributed by atoms with E-state index in [2.05, 4.69) is 0 Å². The molecule has 0 saturated heterocycles. The summed E-state index contributed by atoms with van der Waals surface area (Å²) in [6.45, 7) is 0.258. The lowest BCUT2D eigenvalue weighted by Gasteiger charge is -2.15. The molecule has 2 rings (SSSR count). The molecule has 21 heavy (non-hydrogen) atoms. The molecular formula is C18H20O3. The fourth-order valence-corrected chi connectivity index (χ4v) is 2.20. The fourth-order valence-electron chi connectivity index (χ4n) is 2.20. The van der Waals surface area contributed by atoms with E-state index in [1.807, 2.05) is 60.7 Å². The van der Waals surface area contributed by atoms with Gasteiger partial charge in [-0.2, -0.15) is 0 Å². The molecule has 2 aromatic carbocycles. The van der Waals surface area contributed by atoms with Gasteiger partial charge < -0.3 is 9.84 Å². The van der Waals surface area contributed by atoms with Gasteiger partial charge in [-0.3, -0.25) is 4.79 Å². The lowest BCUT2D eigenvalue weighted by atomic mass is 9.96. The normalized spacial score (nSPS) is 11.9. The van der Waals surface area contributed by atoms with Crippen LogP contribution in [0.25, 0.3) is 0 Å². The third-order valence-corrected chi connectivity index (χ3v) is 3.36. The molecule has 0 spiro atoms. The molecule has 0 unspecified atom stereocenters. The van der Waals surface area contributed by atoms with Crippen LogP contribution in [0.4, 0.5) is 0 Å². The van der Waals surface area contributed by atoms with Gasteiger partial charge in [0.15, 0.2) is 0 Å². The smallest absolute Gasteiger partial charge is 0.309 e. The molecule has 1 atom stereocenters. The van der Waals surface area contributed by atoms with Crippen molar-refractivity contribution in [3.05, 3.63) is 71.8 Å². The van der Waals surface area contributed by atoms with E-state index in [0.717, 1.165) is 11.1 Å². The average molecular weight is 284 g/mol. The van der Waals surface area contributed by atoms with Crippen molar-refractivity contribution in [2.75, 3.05) is 6.61 Å². The SMILES string of the molecule is O=C(OCc1ccccc1)[C@H](CCO)Cc1ccccc1. The van der Waals surface area contributed by atoms with Crippen LogP contribution in [0.3, 0.4) is 0 Å². The molecule has 0 fully saturated rings. The van der Waals surface area contributed by atoms with Crippen molar-refractivity contribution in [3.8, 4) is 0 Å². The number of hydrogen-bond donors (Lipinski definition) is 1. The molecular weight excluding hydrogens is 264 g/mol. The number of carbonyl (C=O) groups excluding carboxylic acids is 1. The molecule has 110 valence electrons. The monoisotopic (exact) mass is 284 g/mol. The third kappa shape index (κ3) is 5.04. The van der Waals surface area contributed by atoms with E-state index in [0.29, 0.717) is 12.8 Å². The summed E-state index contributed by atoms with van der Waals surface area (Å²) in [6.07, 6.45) is 1.01. The highest BCUT2D eigenvalue weighted by Gasteiger charge is 2.20.